The molecule has 2 aliphatic rings. The number of hydrogen-bond donors (Lipinski definition) is 2. The van der Waals surface area contributed by atoms with Crippen LogP contribution in [0.15, 0.2) is 30.3 Å². The molecule has 1 aromatic rings. The molecule has 0 bridgehead atoms. The first-order valence-electron chi connectivity index (χ1n) is 7.75. The van der Waals surface area contributed by atoms with Crippen LogP contribution in [0.5, 0.6) is 0 Å². The van der Waals surface area contributed by atoms with Crippen molar-refractivity contribution < 1.29 is 19.5 Å². The van der Waals surface area contributed by atoms with Crippen LogP contribution >= 0.6 is 0 Å². The Balaban J connectivity index is 1.87. The highest BCUT2D eigenvalue weighted by Crippen LogP contribution is 2.26. The van der Waals surface area contributed by atoms with Gasteiger partial charge < -0.3 is 10.4 Å². The lowest BCUT2D eigenvalue weighted by Crippen LogP contribution is -2.61. The predicted octanol–water partition coefficient (Wildman–Crippen LogP) is 1.08. The molecule has 0 aliphatic carbocycles. The number of carbonyl (C=O) groups is 3. The van der Waals surface area contributed by atoms with Gasteiger partial charge >= 0.3 is 5.97 Å². The Bertz CT molecular complexity index is 619. The predicted molar refractivity (Wildman–Crippen MR) is 82.3 cm³/mol. The van der Waals surface area contributed by atoms with Gasteiger partial charge in [-0.25, -0.2) is 9.80 Å². The van der Waals surface area contributed by atoms with Gasteiger partial charge in [-0.2, -0.15) is 0 Å². The molecule has 3 rings (SSSR count). The topological polar surface area (TPSA) is 90.0 Å². The number of carboxylic acids is 1. The number of aliphatic carboxylic acids is 1. The van der Waals surface area contributed by atoms with Gasteiger partial charge in [-0.05, 0) is 31.4 Å². The normalized spacial score (nSPS) is 24.9. The first kappa shape index (κ1) is 15.3. The van der Waals surface area contributed by atoms with Crippen molar-refractivity contribution in [1.29, 1.82) is 0 Å². The Hall–Kier alpha value is -2.57. The molecule has 0 saturated carbocycles. The number of para-hydroxylation sites is 1. The zero-order valence-corrected chi connectivity index (χ0v) is 12.6. The summed E-state index contributed by atoms with van der Waals surface area (Å²) in [5.41, 5.74) is 0.774. The number of rotatable bonds is 3. The average molecular weight is 317 g/mol. The van der Waals surface area contributed by atoms with Crippen molar-refractivity contribution in [2.24, 2.45) is 0 Å². The number of carboxylic acid groups (broad SMARTS) is 1. The lowest BCUT2D eigenvalue weighted by molar-refractivity contribution is -0.180. The fourth-order valence-electron chi connectivity index (χ4n) is 3.13. The second kappa shape index (κ2) is 6.28. The van der Waals surface area contributed by atoms with Crippen LogP contribution in [-0.4, -0.2) is 51.5 Å². The number of nitrogens with one attached hydrogen (secondary N) is 1. The molecule has 2 heterocycles. The minimum atomic E-state index is -1.07. The molecular formula is C16H19N3O4. The van der Waals surface area contributed by atoms with Crippen LogP contribution in [-0.2, 0) is 14.4 Å². The van der Waals surface area contributed by atoms with Crippen LogP contribution in [0, 0.1) is 0 Å². The Morgan fingerprint density at radius 2 is 1.91 bits per heavy atom. The molecule has 2 atom stereocenters. The van der Waals surface area contributed by atoms with Crippen LogP contribution in [0.4, 0.5) is 5.69 Å². The summed E-state index contributed by atoms with van der Waals surface area (Å²) in [6.07, 6.45) is 1.52. The summed E-state index contributed by atoms with van der Waals surface area (Å²) in [5.74, 6) is -1.62. The number of fused-ring (bicyclic) bond motifs is 1. The smallest absolute Gasteiger partial charge is 0.328 e. The molecule has 0 spiro atoms. The van der Waals surface area contributed by atoms with Gasteiger partial charge in [0.1, 0.15) is 6.04 Å². The number of carbonyl (C=O) groups excluding carboxylic acids is 2. The Morgan fingerprint density at radius 1 is 1.17 bits per heavy atom. The van der Waals surface area contributed by atoms with Gasteiger partial charge in [0, 0.05) is 18.7 Å². The van der Waals surface area contributed by atoms with Crippen LogP contribution < -0.4 is 5.32 Å². The third-order valence-corrected chi connectivity index (χ3v) is 4.26. The van der Waals surface area contributed by atoms with Gasteiger partial charge in [-0.15, -0.1) is 0 Å². The third kappa shape index (κ3) is 2.99. The molecule has 0 aromatic heterocycles. The zero-order valence-electron chi connectivity index (χ0n) is 12.6. The van der Waals surface area contributed by atoms with Gasteiger partial charge in [0.2, 0.25) is 5.91 Å². The number of nitrogens with zero attached hydrogens (tertiary/aromatic N) is 2. The Morgan fingerprint density at radius 3 is 2.61 bits per heavy atom. The van der Waals surface area contributed by atoms with Crippen LogP contribution in [0.25, 0.3) is 0 Å². The molecule has 2 amide bonds. The summed E-state index contributed by atoms with van der Waals surface area (Å²) in [6, 6.07) is 7.66. The summed E-state index contributed by atoms with van der Waals surface area (Å²) in [5, 5.41) is 15.0. The van der Waals surface area contributed by atoms with Gasteiger partial charge in [0.05, 0.1) is 0 Å². The standard InChI is InChI=1S/C16H19N3O4/c20-14-9-8-12(17-11-5-2-1-3-6-11)15(21)19-13(16(22)23)7-4-10-18(14)19/h1-3,5-6,12-13,17H,4,7-10H2,(H,22,23). The monoisotopic (exact) mass is 317 g/mol. The molecule has 2 fully saturated rings. The van der Waals surface area contributed by atoms with E-state index in [9.17, 15) is 19.5 Å². The van der Waals surface area contributed by atoms with E-state index >= 15 is 0 Å². The van der Waals surface area contributed by atoms with E-state index in [1.54, 1.807) is 0 Å². The maximum absolute atomic E-state index is 12.9. The fraction of sp³-hybridized carbons (Fsp3) is 0.438. The van der Waals surface area contributed by atoms with Gasteiger partial charge in [0.25, 0.3) is 5.91 Å². The van der Waals surface area contributed by atoms with E-state index in [1.807, 2.05) is 30.3 Å². The second-order valence-electron chi connectivity index (χ2n) is 5.80. The van der Waals surface area contributed by atoms with E-state index < -0.39 is 18.1 Å². The lowest BCUT2D eigenvalue weighted by atomic mass is 10.1. The summed E-state index contributed by atoms with van der Waals surface area (Å²) in [4.78, 5) is 36.6. The molecule has 2 saturated heterocycles. The summed E-state index contributed by atoms with van der Waals surface area (Å²) < 4.78 is 0. The van der Waals surface area contributed by atoms with Crippen LogP contribution in [0.1, 0.15) is 25.7 Å². The highest BCUT2D eigenvalue weighted by molar-refractivity contribution is 5.93. The molecule has 7 heteroatoms. The molecule has 1 aromatic carbocycles. The lowest BCUT2D eigenvalue weighted by Gasteiger charge is -2.41. The maximum atomic E-state index is 12.9. The number of anilines is 1. The van der Waals surface area contributed by atoms with Crippen molar-refractivity contribution in [1.82, 2.24) is 10.0 Å². The molecule has 2 unspecified atom stereocenters. The summed E-state index contributed by atoms with van der Waals surface area (Å²) in [6.45, 7) is 0.395. The van der Waals surface area contributed by atoms with E-state index in [2.05, 4.69) is 5.32 Å². The third-order valence-electron chi connectivity index (χ3n) is 4.26. The van der Waals surface area contributed by atoms with Gasteiger partial charge in [-0.1, -0.05) is 18.2 Å². The average Bonchev–Trinajstić information content (AvgIpc) is 2.68. The largest absolute Gasteiger partial charge is 0.480 e. The van der Waals surface area contributed by atoms with E-state index in [4.69, 9.17) is 0 Å². The summed E-state index contributed by atoms with van der Waals surface area (Å²) >= 11 is 0. The van der Waals surface area contributed by atoms with Crippen molar-refractivity contribution in [2.45, 2.75) is 37.8 Å². The molecule has 23 heavy (non-hydrogen) atoms. The highest BCUT2D eigenvalue weighted by atomic mass is 16.4. The SMILES string of the molecule is O=C(O)C1CCCN2C(=O)CCC(Nc3ccccc3)C(=O)N12. The molecule has 0 radical (unpaired) electrons. The zero-order chi connectivity index (χ0) is 16.4. The molecule has 122 valence electrons. The van der Waals surface area contributed by atoms with Crippen LogP contribution in [0.3, 0.4) is 0 Å². The van der Waals surface area contributed by atoms with Crippen molar-refractivity contribution in [2.75, 3.05) is 11.9 Å². The van der Waals surface area contributed by atoms with E-state index in [-0.39, 0.29) is 18.2 Å². The van der Waals surface area contributed by atoms with Crippen molar-refractivity contribution in [3.8, 4) is 0 Å². The second-order valence-corrected chi connectivity index (χ2v) is 5.80. The van der Waals surface area contributed by atoms with Crippen molar-refractivity contribution >= 4 is 23.5 Å². The number of benzene rings is 1. The molecule has 2 N–H and O–H groups in total. The Labute approximate surface area is 133 Å². The van der Waals surface area contributed by atoms with Crippen molar-refractivity contribution in [3.63, 3.8) is 0 Å². The summed E-state index contributed by atoms with van der Waals surface area (Å²) in [7, 11) is 0. The van der Waals surface area contributed by atoms with E-state index in [1.165, 1.54) is 5.01 Å². The quantitative estimate of drug-likeness (QED) is 0.870. The highest BCUT2D eigenvalue weighted by Gasteiger charge is 2.44. The van der Waals surface area contributed by atoms with E-state index in [0.717, 1.165) is 10.7 Å². The number of amides is 2. The Kier molecular flexibility index (Phi) is 4.18. The molecule has 2 aliphatic heterocycles. The maximum Gasteiger partial charge on any atom is 0.328 e. The van der Waals surface area contributed by atoms with Gasteiger partial charge in [-0.3, -0.25) is 14.6 Å². The van der Waals surface area contributed by atoms with Gasteiger partial charge in [0.15, 0.2) is 6.04 Å². The van der Waals surface area contributed by atoms with Crippen molar-refractivity contribution in [3.05, 3.63) is 30.3 Å². The first-order chi connectivity index (χ1) is 11.1. The molecular weight excluding hydrogens is 298 g/mol. The van der Waals surface area contributed by atoms with Crippen LogP contribution in [0.2, 0.25) is 0 Å². The first-order valence-corrected chi connectivity index (χ1v) is 7.75. The minimum absolute atomic E-state index is 0.193. The van der Waals surface area contributed by atoms with E-state index in [0.29, 0.717) is 25.8 Å². The molecule has 7 nitrogen and oxygen atoms in total. The minimum Gasteiger partial charge on any atom is -0.480 e. The number of hydrogen-bond acceptors (Lipinski definition) is 4. The number of hydrazine groups is 1. The fourth-order valence-corrected chi connectivity index (χ4v) is 3.13.